The summed E-state index contributed by atoms with van der Waals surface area (Å²) in [5.41, 5.74) is 2.75. The van der Waals surface area contributed by atoms with Crippen molar-refractivity contribution >= 4 is 5.96 Å². The Labute approximate surface area is 146 Å². The molecule has 5 nitrogen and oxygen atoms in total. The molecule has 0 bridgehead atoms. The van der Waals surface area contributed by atoms with Gasteiger partial charge in [0, 0.05) is 40.3 Å². The van der Waals surface area contributed by atoms with Crippen LogP contribution in [0.25, 0.3) is 0 Å². The lowest BCUT2D eigenvalue weighted by molar-refractivity contribution is 0.176. The van der Waals surface area contributed by atoms with E-state index in [1.165, 1.54) is 37.1 Å². The fraction of sp³-hybridized carbons (Fsp3) is 0.632. The van der Waals surface area contributed by atoms with E-state index in [4.69, 9.17) is 4.74 Å². The third kappa shape index (κ3) is 6.13. The average Bonchev–Trinajstić information content (AvgIpc) is 2.59. The average molecular weight is 332 g/mol. The van der Waals surface area contributed by atoms with E-state index in [1.54, 1.807) is 14.2 Å². The number of methoxy groups -OCH3 is 1. The fourth-order valence-electron chi connectivity index (χ4n) is 3.23. The third-order valence-electron chi connectivity index (χ3n) is 4.52. The van der Waals surface area contributed by atoms with Gasteiger partial charge in [-0.1, -0.05) is 31.2 Å². The molecule has 1 aromatic carbocycles. The summed E-state index contributed by atoms with van der Waals surface area (Å²) in [4.78, 5) is 6.84. The summed E-state index contributed by atoms with van der Waals surface area (Å²) in [5.74, 6) is 1.63. The van der Waals surface area contributed by atoms with Crippen LogP contribution in [-0.2, 0) is 17.8 Å². The van der Waals surface area contributed by atoms with Crippen LogP contribution in [0.1, 0.15) is 30.9 Å². The molecule has 1 heterocycles. The van der Waals surface area contributed by atoms with Crippen molar-refractivity contribution in [3.8, 4) is 0 Å². The molecule has 5 heteroatoms. The van der Waals surface area contributed by atoms with E-state index >= 15 is 0 Å². The number of nitrogens with zero attached hydrogens (tertiary/aromatic N) is 2. The number of benzene rings is 1. The highest BCUT2D eigenvalue weighted by Gasteiger charge is 2.17. The molecule has 1 unspecified atom stereocenters. The number of rotatable bonds is 7. The maximum absolute atomic E-state index is 5.06. The summed E-state index contributed by atoms with van der Waals surface area (Å²) < 4.78 is 5.06. The number of likely N-dealkylation sites (tertiary alicyclic amines) is 1. The molecule has 1 atom stereocenters. The quantitative estimate of drug-likeness (QED) is 0.457. The second kappa shape index (κ2) is 10.3. The van der Waals surface area contributed by atoms with Crippen LogP contribution in [0.15, 0.2) is 29.3 Å². The van der Waals surface area contributed by atoms with Gasteiger partial charge in [-0.25, -0.2) is 0 Å². The smallest absolute Gasteiger partial charge is 0.191 e. The zero-order chi connectivity index (χ0) is 17.2. The van der Waals surface area contributed by atoms with Crippen LogP contribution >= 0.6 is 0 Å². The highest BCUT2D eigenvalue weighted by molar-refractivity contribution is 5.79. The molecule has 0 radical (unpaired) electrons. The van der Waals surface area contributed by atoms with Crippen molar-refractivity contribution in [2.45, 2.75) is 32.9 Å². The second-order valence-electron chi connectivity index (χ2n) is 6.60. The molecule has 2 N–H and O–H groups in total. The number of hydrogen-bond acceptors (Lipinski definition) is 3. The Hall–Kier alpha value is -1.59. The van der Waals surface area contributed by atoms with Crippen molar-refractivity contribution < 1.29 is 4.74 Å². The van der Waals surface area contributed by atoms with Crippen molar-refractivity contribution in [3.63, 3.8) is 0 Å². The van der Waals surface area contributed by atoms with Gasteiger partial charge in [-0.05, 0) is 36.4 Å². The Morgan fingerprint density at radius 3 is 2.79 bits per heavy atom. The van der Waals surface area contributed by atoms with Crippen molar-refractivity contribution in [3.05, 3.63) is 35.4 Å². The van der Waals surface area contributed by atoms with Gasteiger partial charge in [0.15, 0.2) is 5.96 Å². The van der Waals surface area contributed by atoms with Gasteiger partial charge in [-0.3, -0.25) is 9.89 Å². The van der Waals surface area contributed by atoms with Crippen molar-refractivity contribution in [1.29, 1.82) is 0 Å². The Balaban J connectivity index is 1.90. The minimum atomic E-state index is 0.671. The predicted molar refractivity (Wildman–Crippen MR) is 100 cm³/mol. The summed E-state index contributed by atoms with van der Waals surface area (Å²) in [7, 11) is 3.50. The maximum Gasteiger partial charge on any atom is 0.191 e. The summed E-state index contributed by atoms with van der Waals surface area (Å²) in [6.45, 7) is 8.03. The van der Waals surface area contributed by atoms with E-state index in [9.17, 15) is 0 Å². The molecule has 1 aliphatic rings. The van der Waals surface area contributed by atoms with Gasteiger partial charge in [0.05, 0.1) is 6.61 Å². The lowest BCUT2D eigenvalue weighted by Crippen LogP contribution is -2.39. The van der Waals surface area contributed by atoms with Crippen LogP contribution in [0.3, 0.4) is 0 Å². The molecule has 0 aromatic heterocycles. The van der Waals surface area contributed by atoms with E-state index in [-0.39, 0.29) is 0 Å². The van der Waals surface area contributed by atoms with Crippen LogP contribution in [0.4, 0.5) is 0 Å². The Morgan fingerprint density at radius 2 is 2.08 bits per heavy atom. The fourth-order valence-corrected chi connectivity index (χ4v) is 3.23. The van der Waals surface area contributed by atoms with Gasteiger partial charge in [-0.2, -0.15) is 0 Å². The van der Waals surface area contributed by atoms with E-state index in [0.29, 0.717) is 6.61 Å². The second-order valence-corrected chi connectivity index (χ2v) is 6.60. The van der Waals surface area contributed by atoms with Gasteiger partial charge in [0.1, 0.15) is 0 Å². The molecular formula is C19H32N4O. The van der Waals surface area contributed by atoms with Gasteiger partial charge in [0.25, 0.3) is 0 Å². The zero-order valence-electron chi connectivity index (χ0n) is 15.3. The number of hydrogen-bond donors (Lipinski definition) is 2. The predicted octanol–water partition coefficient (Wildman–Crippen LogP) is 2.23. The van der Waals surface area contributed by atoms with E-state index in [1.807, 2.05) is 0 Å². The van der Waals surface area contributed by atoms with E-state index in [0.717, 1.165) is 31.5 Å². The summed E-state index contributed by atoms with van der Waals surface area (Å²) in [5, 5.41) is 6.65. The number of nitrogens with one attached hydrogen (secondary N) is 2. The first-order valence-electron chi connectivity index (χ1n) is 8.95. The summed E-state index contributed by atoms with van der Waals surface area (Å²) >= 11 is 0. The highest BCUT2D eigenvalue weighted by Crippen LogP contribution is 2.19. The van der Waals surface area contributed by atoms with Gasteiger partial charge in [0.2, 0.25) is 0 Å². The maximum atomic E-state index is 5.06. The van der Waals surface area contributed by atoms with Crippen LogP contribution in [0.5, 0.6) is 0 Å². The third-order valence-corrected chi connectivity index (χ3v) is 4.52. The van der Waals surface area contributed by atoms with E-state index in [2.05, 4.69) is 51.7 Å². The number of ether oxygens (including phenoxy) is 1. The Bertz CT molecular complexity index is 518. The van der Waals surface area contributed by atoms with E-state index < -0.39 is 0 Å². The lowest BCUT2D eigenvalue weighted by atomic mass is 9.99. The topological polar surface area (TPSA) is 48.9 Å². The standard InChI is InChI=1S/C19H32N4O/c1-16-7-6-11-23(14-16)15-18-9-5-4-8-17(18)13-22-19(20-2)21-10-12-24-3/h4-5,8-9,16H,6-7,10-15H2,1-3H3,(H2,20,21,22). The number of aliphatic imine (C=N–C) groups is 1. The first-order valence-corrected chi connectivity index (χ1v) is 8.95. The summed E-state index contributed by atoms with van der Waals surface area (Å²) in [6, 6.07) is 8.70. The molecule has 0 saturated carbocycles. The summed E-state index contributed by atoms with van der Waals surface area (Å²) in [6.07, 6.45) is 2.68. The first kappa shape index (κ1) is 18.7. The monoisotopic (exact) mass is 332 g/mol. The van der Waals surface area contributed by atoms with Crippen LogP contribution in [0, 0.1) is 5.92 Å². The van der Waals surface area contributed by atoms with Crippen molar-refractivity contribution in [2.75, 3.05) is 40.4 Å². The van der Waals surface area contributed by atoms with Crippen LogP contribution in [0.2, 0.25) is 0 Å². The molecule has 1 saturated heterocycles. The van der Waals surface area contributed by atoms with Crippen LogP contribution < -0.4 is 10.6 Å². The highest BCUT2D eigenvalue weighted by atomic mass is 16.5. The molecule has 2 rings (SSSR count). The molecule has 0 amide bonds. The molecule has 1 fully saturated rings. The normalized spacial score (nSPS) is 19.3. The van der Waals surface area contributed by atoms with Gasteiger partial charge >= 0.3 is 0 Å². The molecule has 0 spiro atoms. The van der Waals surface area contributed by atoms with Crippen LogP contribution in [-0.4, -0.2) is 51.3 Å². The molecule has 134 valence electrons. The number of guanidine groups is 1. The molecule has 0 aliphatic carbocycles. The number of piperidine rings is 1. The SMILES string of the molecule is CN=C(NCCOC)NCc1ccccc1CN1CCCC(C)C1. The molecule has 24 heavy (non-hydrogen) atoms. The Morgan fingerprint density at radius 1 is 1.29 bits per heavy atom. The van der Waals surface area contributed by atoms with Gasteiger partial charge < -0.3 is 15.4 Å². The van der Waals surface area contributed by atoms with Crippen molar-refractivity contribution in [2.24, 2.45) is 10.9 Å². The molecule has 1 aromatic rings. The Kier molecular flexibility index (Phi) is 8.05. The minimum Gasteiger partial charge on any atom is -0.383 e. The molecular weight excluding hydrogens is 300 g/mol. The molecule has 1 aliphatic heterocycles. The van der Waals surface area contributed by atoms with Crippen molar-refractivity contribution in [1.82, 2.24) is 15.5 Å². The minimum absolute atomic E-state index is 0.671. The first-order chi connectivity index (χ1) is 11.7. The lowest BCUT2D eigenvalue weighted by Gasteiger charge is -2.31. The zero-order valence-corrected chi connectivity index (χ0v) is 15.3. The van der Waals surface area contributed by atoms with Gasteiger partial charge in [-0.15, -0.1) is 0 Å². The largest absolute Gasteiger partial charge is 0.383 e.